The number of benzene rings is 2. The standard InChI is InChI=1S/C21H24N4OS2/c1-13(2)16-10-7-9-15(4)19(16)23-18(26)12-27-21-25-24-20(28-21)22-17-11-6-5-8-14(17)3/h5-11,13H,12H2,1-4H3,(H,22,24)(H,23,26). The second-order valence-corrected chi connectivity index (χ2v) is 9.04. The minimum absolute atomic E-state index is 0.0372. The van der Waals surface area contributed by atoms with E-state index in [1.807, 2.05) is 50.2 Å². The van der Waals surface area contributed by atoms with Crippen LogP contribution in [0.4, 0.5) is 16.5 Å². The molecule has 0 saturated carbocycles. The van der Waals surface area contributed by atoms with E-state index in [0.717, 1.165) is 37.5 Å². The van der Waals surface area contributed by atoms with Crippen molar-refractivity contribution >= 4 is 45.5 Å². The largest absolute Gasteiger partial charge is 0.330 e. The molecule has 0 radical (unpaired) electrons. The molecule has 0 fully saturated rings. The number of anilines is 3. The summed E-state index contributed by atoms with van der Waals surface area (Å²) in [6.45, 7) is 8.32. The van der Waals surface area contributed by atoms with E-state index in [-0.39, 0.29) is 5.91 Å². The molecule has 146 valence electrons. The molecule has 1 heterocycles. The first kappa shape index (κ1) is 20.4. The summed E-state index contributed by atoms with van der Waals surface area (Å²) in [7, 11) is 0. The molecule has 2 aromatic carbocycles. The van der Waals surface area contributed by atoms with Crippen molar-refractivity contribution in [1.82, 2.24) is 10.2 Å². The number of carbonyl (C=O) groups excluding carboxylic acids is 1. The topological polar surface area (TPSA) is 66.9 Å². The molecular formula is C21H24N4OS2. The van der Waals surface area contributed by atoms with E-state index < -0.39 is 0 Å². The molecule has 0 atom stereocenters. The molecule has 0 unspecified atom stereocenters. The number of hydrogen-bond donors (Lipinski definition) is 2. The summed E-state index contributed by atoms with van der Waals surface area (Å²) < 4.78 is 0.764. The molecule has 5 nitrogen and oxygen atoms in total. The fourth-order valence-corrected chi connectivity index (χ4v) is 4.36. The zero-order chi connectivity index (χ0) is 20.1. The Morgan fingerprint density at radius 2 is 1.82 bits per heavy atom. The lowest BCUT2D eigenvalue weighted by atomic mass is 9.98. The van der Waals surface area contributed by atoms with Crippen LogP contribution in [0.25, 0.3) is 0 Å². The molecule has 0 saturated heterocycles. The van der Waals surface area contributed by atoms with Crippen LogP contribution in [-0.2, 0) is 4.79 Å². The molecule has 0 aliphatic heterocycles. The molecule has 0 bridgehead atoms. The Bertz CT molecular complexity index is 969. The monoisotopic (exact) mass is 412 g/mol. The molecule has 7 heteroatoms. The number of para-hydroxylation sites is 2. The highest BCUT2D eigenvalue weighted by Gasteiger charge is 2.13. The molecule has 3 aromatic rings. The van der Waals surface area contributed by atoms with Crippen molar-refractivity contribution in [2.24, 2.45) is 0 Å². The Morgan fingerprint density at radius 3 is 2.57 bits per heavy atom. The highest BCUT2D eigenvalue weighted by atomic mass is 32.2. The third-order valence-electron chi connectivity index (χ3n) is 4.31. The van der Waals surface area contributed by atoms with Gasteiger partial charge in [-0.1, -0.05) is 73.3 Å². The summed E-state index contributed by atoms with van der Waals surface area (Å²) in [6, 6.07) is 14.1. The molecule has 28 heavy (non-hydrogen) atoms. The Kier molecular flexibility index (Phi) is 6.70. The van der Waals surface area contributed by atoms with Gasteiger partial charge < -0.3 is 10.6 Å². The van der Waals surface area contributed by atoms with E-state index in [4.69, 9.17) is 0 Å². The summed E-state index contributed by atoms with van der Waals surface area (Å²) >= 11 is 2.84. The first-order chi connectivity index (χ1) is 13.4. The van der Waals surface area contributed by atoms with Gasteiger partial charge in [0.05, 0.1) is 5.75 Å². The fraction of sp³-hybridized carbons (Fsp3) is 0.286. The summed E-state index contributed by atoms with van der Waals surface area (Å²) in [5.74, 6) is 0.608. The molecule has 1 aromatic heterocycles. The summed E-state index contributed by atoms with van der Waals surface area (Å²) in [6.07, 6.45) is 0. The third kappa shape index (κ3) is 5.11. The van der Waals surface area contributed by atoms with E-state index in [0.29, 0.717) is 11.7 Å². The number of hydrogen-bond acceptors (Lipinski definition) is 6. The second-order valence-electron chi connectivity index (χ2n) is 6.84. The number of aromatic nitrogens is 2. The normalized spacial score (nSPS) is 10.9. The van der Waals surface area contributed by atoms with Crippen molar-refractivity contribution in [3.8, 4) is 0 Å². The van der Waals surface area contributed by atoms with Gasteiger partial charge in [-0.05, 0) is 42.5 Å². The zero-order valence-corrected chi connectivity index (χ0v) is 18.1. The van der Waals surface area contributed by atoms with Crippen LogP contribution < -0.4 is 10.6 Å². The van der Waals surface area contributed by atoms with Crippen LogP contribution in [-0.4, -0.2) is 21.9 Å². The van der Waals surface area contributed by atoms with Crippen LogP contribution in [0.1, 0.15) is 36.5 Å². The zero-order valence-electron chi connectivity index (χ0n) is 16.4. The predicted octanol–water partition coefficient (Wildman–Crippen LogP) is 5.75. The lowest BCUT2D eigenvalue weighted by Crippen LogP contribution is -2.16. The number of nitrogens with zero attached hydrogens (tertiary/aromatic N) is 2. The maximum atomic E-state index is 12.5. The smallest absolute Gasteiger partial charge is 0.234 e. The van der Waals surface area contributed by atoms with Crippen molar-refractivity contribution < 1.29 is 4.79 Å². The Labute approximate surface area is 174 Å². The van der Waals surface area contributed by atoms with Gasteiger partial charge in [0.15, 0.2) is 4.34 Å². The van der Waals surface area contributed by atoms with Gasteiger partial charge in [-0.2, -0.15) is 0 Å². The highest BCUT2D eigenvalue weighted by molar-refractivity contribution is 8.01. The van der Waals surface area contributed by atoms with E-state index in [1.165, 1.54) is 23.1 Å². The second kappa shape index (κ2) is 9.21. The molecule has 0 aliphatic rings. The lowest BCUT2D eigenvalue weighted by Gasteiger charge is -2.16. The van der Waals surface area contributed by atoms with E-state index in [9.17, 15) is 4.79 Å². The maximum absolute atomic E-state index is 12.5. The van der Waals surface area contributed by atoms with Crippen LogP contribution >= 0.6 is 23.1 Å². The SMILES string of the molecule is Cc1ccccc1Nc1nnc(SCC(=O)Nc2c(C)cccc2C(C)C)s1. The minimum atomic E-state index is -0.0372. The van der Waals surface area contributed by atoms with Gasteiger partial charge in [0.1, 0.15) is 0 Å². The number of carbonyl (C=O) groups is 1. The van der Waals surface area contributed by atoms with Crippen molar-refractivity contribution in [1.29, 1.82) is 0 Å². The molecule has 2 N–H and O–H groups in total. The highest BCUT2D eigenvalue weighted by Crippen LogP contribution is 2.30. The van der Waals surface area contributed by atoms with Crippen LogP contribution in [0.5, 0.6) is 0 Å². The van der Waals surface area contributed by atoms with Crippen LogP contribution in [0, 0.1) is 13.8 Å². The van der Waals surface area contributed by atoms with Gasteiger partial charge in [0.2, 0.25) is 11.0 Å². The summed E-state index contributed by atoms with van der Waals surface area (Å²) in [5.41, 5.74) is 5.30. The van der Waals surface area contributed by atoms with Gasteiger partial charge in [0, 0.05) is 11.4 Å². The Balaban J connectivity index is 1.59. The van der Waals surface area contributed by atoms with Crippen molar-refractivity contribution in [2.45, 2.75) is 38.0 Å². The summed E-state index contributed by atoms with van der Waals surface area (Å²) in [5, 5.41) is 15.4. The molecule has 3 rings (SSSR count). The number of aryl methyl sites for hydroxylation is 2. The lowest BCUT2D eigenvalue weighted by molar-refractivity contribution is -0.113. The van der Waals surface area contributed by atoms with Gasteiger partial charge in [-0.3, -0.25) is 4.79 Å². The van der Waals surface area contributed by atoms with E-state index in [2.05, 4.69) is 40.7 Å². The maximum Gasteiger partial charge on any atom is 0.234 e. The fourth-order valence-electron chi connectivity index (χ4n) is 2.79. The van der Waals surface area contributed by atoms with Crippen molar-refractivity contribution in [3.05, 3.63) is 59.2 Å². The number of rotatable bonds is 7. The molecule has 0 spiro atoms. The number of amides is 1. The first-order valence-corrected chi connectivity index (χ1v) is 10.9. The van der Waals surface area contributed by atoms with Crippen LogP contribution in [0.3, 0.4) is 0 Å². The third-order valence-corrected chi connectivity index (χ3v) is 6.28. The van der Waals surface area contributed by atoms with Crippen molar-refractivity contribution in [3.63, 3.8) is 0 Å². The van der Waals surface area contributed by atoms with Crippen LogP contribution in [0.15, 0.2) is 46.8 Å². The van der Waals surface area contributed by atoms with Gasteiger partial charge in [-0.15, -0.1) is 10.2 Å². The first-order valence-electron chi connectivity index (χ1n) is 9.12. The van der Waals surface area contributed by atoms with Gasteiger partial charge >= 0.3 is 0 Å². The molecule has 1 amide bonds. The van der Waals surface area contributed by atoms with Gasteiger partial charge in [-0.25, -0.2) is 0 Å². The average molecular weight is 413 g/mol. The molecular weight excluding hydrogens is 388 g/mol. The summed E-state index contributed by atoms with van der Waals surface area (Å²) in [4.78, 5) is 12.5. The predicted molar refractivity (Wildman–Crippen MR) is 119 cm³/mol. The Morgan fingerprint density at radius 1 is 1.07 bits per heavy atom. The van der Waals surface area contributed by atoms with Crippen molar-refractivity contribution in [2.75, 3.05) is 16.4 Å². The average Bonchev–Trinajstić information content (AvgIpc) is 3.11. The van der Waals surface area contributed by atoms with Gasteiger partial charge in [0.25, 0.3) is 0 Å². The quantitative estimate of drug-likeness (QED) is 0.484. The van der Waals surface area contributed by atoms with E-state index in [1.54, 1.807) is 0 Å². The number of thioether (sulfide) groups is 1. The van der Waals surface area contributed by atoms with Crippen LogP contribution in [0.2, 0.25) is 0 Å². The Hall–Kier alpha value is -2.38. The van der Waals surface area contributed by atoms with E-state index >= 15 is 0 Å². The number of nitrogens with one attached hydrogen (secondary N) is 2. The molecule has 0 aliphatic carbocycles. The minimum Gasteiger partial charge on any atom is -0.330 e.